The molecule has 0 aliphatic carbocycles. The lowest BCUT2D eigenvalue weighted by molar-refractivity contribution is -0.116. The molecule has 0 aliphatic heterocycles. The summed E-state index contributed by atoms with van der Waals surface area (Å²) in [6, 6.07) is 5.71. The van der Waals surface area contributed by atoms with E-state index in [1.165, 1.54) is 6.92 Å². The second-order valence-electron chi connectivity index (χ2n) is 5.99. The molecule has 0 saturated heterocycles. The fourth-order valence-corrected chi connectivity index (χ4v) is 3.93. The Labute approximate surface area is 148 Å². The van der Waals surface area contributed by atoms with Crippen LogP contribution in [-0.2, 0) is 14.8 Å². The Morgan fingerprint density at radius 1 is 1.20 bits per heavy atom. The van der Waals surface area contributed by atoms with Crippen molar-refractivity contribution in [1.82, 2.24) is 9.88 Å². The summed E-state index contributed by atoms with van der Waals surface area (Å²) in [5.41, 5.74) is 3.25. The van der Waals surface area contributed by atoms with Gasteiger partial charge in [-0.3, -0.25) is 4.79 Å². The largest absolute Gasteiger partial charge is 0.360 e. The molecule has 1 amide bonds. The van der Waals surface area contributed by atoms with Crippen LogP contribution in [0.4, 0.5) is 5.69 Å². The van der Waals surface area contributed by atoms with Gasteiger partial charge in [0.1, 0.15) is 10.6 Å². The molecule has 1 N–H and O–H groups in total. The van der Waals surface area contributed by atoms with Crippen LogP contribution in [-0.4, -0.2) is 32.6 Å². The monoisotopic (exact) mass is 365 g/mol. The Morgan fingerprint density at radius 3 is 2.40 bits per heavy atom. The normalized spacial score (nSPS) is 11.6. The van der Waals surface area contributed by atoms with Crippen molar-refractivity contribution in [2.75, 3.05) is 18.0 Å². The molecule has 0 saturated carbocycles. The summed E-state index contributed by atoms with van der Waals surface area (Å²) in [5, 5.41) is 3.66. The van der Waals surface area contributed by atoms with Gasteiger partial charge in [-0.15, -0.1) is 0 Å². The van der Waals surface area contributed by atoms with Crippen molar-refractivity contribution in [2.24, 2.45) is 0 Å². The molecule has 8 heteroatoms. The summed E-state index contributed by atoms with van der Waals surface area (Å²) >= 11 is 0. The van der Waals surface area contributed by atoms with E-state index in [0.29, 0.717) is 5.69 Å². The van der Waals surface area contributed by atoms with Gasteiger partial charge in [-0.1, -0.05) is 11.2 Å². The van der Waals surface area contributed by atoms with Crippen molar-refractivity contribution in [2.45, 2.75) is 39.5 Å². The summed E-state index contributed by atoms with van der Waals surface area (Å²) in [6.07, 6.45) is 0. The molecule has 0 aliphatic rings. The van der Waals surface area contributed by atoms with Crippen molar-refractivity contribution in [3.8, 4) is 0 Å². The summed E-state index contributed by atoms with van der Waals surface area (Å²) in [6.45, 7) is 8.84. The molecule has 0 bridgehead atoms. The predicted molar refractivity (Wildman–Crippen MR) is 95.1 cm³/mol. The van der Waals surface area contributed by atoms with Gasteiger partial charge in [-0.05, 0) is 51.0 Å². The topological polar surface area (TPSA) is 92.5 Å². The lowest BCUT2D eigenvalue weighted by Crippen LogP contribution is -2.37. The zero-order valence-corrected chi connectivity index (χ0v) is 15.9. The average molecular weight is 365 g/mol. The van der Waals surface area contributed by atoms with Gasteiger partial charge < -0.3 is 9.42 Å². The summed E-state index contributed by atoms with van der Waals surface area (Å²) in [5.74, 6) is 0.0855. The lowest BCUT2D eigenvalue weighted by atomic mass is 10.1. The molecule has 1 heterocycles. The first-order chi connectivity index (χ1) is 11.6. The third-order valence-electron chi connectivity index (χ3n) is 4.05. The number of aryl methyl sites for hydroxylation is 4. The van der Waals surface area contributed by atoms with E-state index in [1.54, 1.807) is 18.7 Å². The van der Waals surface area contributed by atoms with E-state index in [4.69, 9.17) is 4.52 Å². The molecule has 25 heavy (non-hydrogen) atoms. The molecule has 1 aromatic heterocycles. The van der Waals surface area contributed by atoms with Crippen LogP contribution in [0.5, 0.6) is 0 Å². The quantitative estimate of drug-likeness (QED) is 0.847. The van der Waals surface area contributed by atoms with Gasteiger partial charge in [0.05, 0.1) is 0 Å². The van der Waals surface area contributed by atoms with Gasteiger partial charge in [-0.2, -0.15) is 0 Å². The zero-order valence-electron chi connectivity index (χ0n) is 15.1. The van der Waals surface area contributed by atoms with Crippen LogP contribution in [0.3, 0.4) is 0 Å². The molecule has 7 nitrogen and oxygen atoms in total. The first-order valence-electron chi connectivity index (χ1n) is 7.91. The van der Waals surface area contributed by atoms with Gasteiger partial charge in [0.2, 0.25) is 15.9 Å². The van der Waals surface area contributed by atoms with Crippen molar-refractivity contribution < 1.29 is 17.7 Å². The fourth-order valence-electron chi connectivity index (χ4n) is 2.58. The number of hydrogen-bond acceptors (Lipinski definition) is 5. The number of nitrogens with one attached hydrogen (secondary N) is 1. The number of amides is 1. The Hall–Kier alpha value is -2.19. The summed E-state index contributed by atoms with van der Waals surface area (Å²) in [4.78, 5) is 13.5. The number of carbonyl (C=O) groups is 1. The van der Waals surface area contributed by atoms with Gasteiger partial charge in [-0.25, -0.2) is 13.1 Å². The minimum absolute atomic E-state index is 0.0491. The molecular formula is C17H23N3O4S. The molecular weight excluding hydrogens is 342 g/mol. The smallest absolute Gasteiger partial charge is 0.246 e. The second-order valence-corrected chi connectivity index (χ2v) is 7.69. The van der Waals surface area contributed by atoms with Crippen LogP contribution in [0.1, 0.15) is 29.5 Å². The van der Waals surface area contributed by atoms with Crippen LogP contribution in [0.25, 0.3) is 0 Å². The van der Waals surface area contributed by atoms with Gasteiger partial charge >= 0.3 is 0 Å². The predicted octanol–water partition coefficient (Wildman–Crippen LogP) is 2.24. The van der Waals surface area contributed by atoms with Gasteiger partial charge in [0, 0.05) is 25.7 Å². The third-order valence-corrected chi connectivity index (χ3v) is 5.75. The molecule has 136 valence electrons. The highest BCUT2D eigenvalue weighted by atomic mass is 32.2. The van der Waals surface area contributed by atoms with Gasteiger partial charge in [0.15, 0.2) is 5.76 Å². The maximum Gasteiger partial charge on any atom is 0.246 e. The van der Waals surface area contributed by atoms with Crippen LogP contribution < -0.4 is 9.62 Å². The average Bonchev–Trinajstić information content (AvgIpc) is 2.86. The van der Waals surface area contributed by atoms with E-state index in [0.717, 1.165) is 16.8 Å². The molecule has 0 unspecified atom stereocenters. The summed E-state index contributed by atoms with van der Waals surface area (Å²) in [7, 11) is -3.74. The highest BCUT2D eigenvalue weighted by molar-refractivity contribution is 7.89. The van der Waals surface area contributed by atoms with Crippen molar-refractivity contribution in [1.29, 1.82) is 0 Å². The Kier molecular flexibility index (Phi) is 5.64. The molecule has 0 radical (unpaired) electrons. The fraction of sp³-hybridized carbons (Fsp3) is 0.412. The number of aromatic nitrogens is 1. The minimum Gasteiger partial charge on any atom is -0.360 e. The number of hydrogen-bond donors (Lipinski definition) is 1. The zero-order chi connectivity index (χ0) is 18.8. The number of anilines is 1. The van der Waals surface area contributed by atoms with E-state index < -0.39 is 10.0 Å². The molecule has 0 atom stereocenters. The van der Waals surface area contributed by atoms with Gasteiger partial charge in [0.25, 0.3) is 0 Å². The molecule has 2 rings (SSSR count). The number of nitrogens with zero attached hydrogens (tertiary/aromatic N) is 2. The van der Waals surface area contributed by atoms with Crippen LogP contribution in [0.15, 0.2) is 27.6 Å². The molecule has 1 aromatic carbocycles. The maximum atomic E-state index is 12.4. The van der Waals surface area contributed by atoms with Crippen LogP contribution in [0, 0.1) is 27.7 Å². The number of benzene rings is 1. The number of rotatable bonds is 6. The van der Waals surface area contributed by atoms with E-state index in [1.807, 2.05) is 32.0 Å². The Morgan fingerprint density at radius 2 is 1.88 bits per heavy atom. The minimum atomic E-state index is -3.74. The second kappa shape index (κ2) is 7.37. The van der Waals surface area contributed by atoms with Crippen molar-refractivity contribution in [3.63, 3.8) is 0 Å². The van der Waals surface area contributed by atoms with E-state index in [2.05, 4.69) is 9.88 Å². The summed E-state index contributed by atoms with van der Waals surface area (Å²) < 4.78 is 32.2. The number of sulfonamides is 1. The SMILES string of the molecule is CC(=O)N(CCNS(=O)(=O)c1c(C)noc1C)c1ccc(C)c(C)c1. The Bertz CT molecular complexity index is 868. The van der Waals surface area contributed by atoms with E-state index in [9.17, 15) is 13.2 Å². The standard InChI is InChI=1S/C17H23N3O4S/c1-11-6-7-16(10-12(11)2)20(15(5)21)9-8-18-25(22,23)17-13(3)19-24-14(17)4/h6-7,10,18H,8-9H2,1-5H3. The van der Waals surface area contributed by atoms with E-state index >= 15 is 0 Å². The molecule has 2 aromatic rings. The first-order valence-corrected chi connectivity index (χ1v) is 9.39. The van der Waals surface area contributed by atoms with Crippen LogP contribution >= 0.6 is 0 Å². The maximum absolute atomic E-state index is 12.4. The highest BCUT2D eigenvalue weighted by Crippen LogP contribution is 2.20. The van der Waals surface area contributed by atoms with Crippen molar-refractivity contribution >= 4 is 21.6 Å². The van der Waals surface area contributed by atoms with Crippen molar-refractivity contribution in [3.05, 3.63) is 40.8 Å². The molecule has 0 spiro atoms. The lowest BCUT2D eigenvalue weighted by Gasteiger charge is -2.22. The molecule has 0 fully saturated rings. The third kappa shape index (κ3) is 4.26. The highest BCUT2D eigenvalue weighted by Gasteiger charge is 2.24. The first kappa shape index (κ1) is 19.1. The number of carbonyl (C=O) groups excluding carboxylic acids is 1. The Balaban J connectivity index is 2.12. The van der Waals surface area contributed by atoms with E-state index in [-0.39, 0.29) is 29.7 Å². The van der Waals surface area contributed by atoms with Crippen LogP contribution in [0.2, 0.25) is 0 Å².